The van der Waals surface area contributed by atoms with Gasteiger partial charge in [-0.15, -0.1) is 0 Å². The minimum atomic E-state index is -0.435. The van der Waals surface area contributed by atoms with Gasteiger partial charge in [0.05, 0.1) is 0 Å². The molecule has 2 saturated carbocycles. The zero-order valence-corrected chi connectivity index (χ0v) is 10.8. The van der Waals surface area contributed by atoms with E-state index in [0.29, 0.717) is 12.0 Å². The van der Waals surface area contributed by atoms with Gasteiger partial charge in [0, 0.05) is 6.04 Å². The molecule has 1 N–H and O–H groups in total. The van der Waals surface area contributed by atoms with Gasteiger partial charge in [-0.3, -0.25) is 4.79 Å². The van der Waals surface area contributed by atoms with Crippen molar-refractivity contribution in [2.24, 2.45) is 11.8 Å². The highest BCUT2D eigenvalue weighted by Gasteiger charge is 2.40. The summed E-state index contributed by atoms with van der Waals surface area (Å²) < 4.78 is 18.5. The van der Waals surface area contributed by atoms with Crippen molar-refractivity contribution >= 4 is 5.91 Å². The van der Waals surface area contributed by atoms with E-state index in [1.54, 1.807) is 12.1 Å². The third-order valence-corrected chi connectivity index (χ3v) is 4.28. The van der Waals surface area contributed by atoms with Crippen LogP contribution < -0.4 is 10.1 Å². The summed E-state index contributed by atoms with van der Waals surface area (Å²) in [5.41, 5.74) is 0. The van der Waals surface area contributed by atoms with Crippen molar-refractivity contribution in [1.82, 2.24) is 5.32 Å². The lowest BCUT2D eigenvalue weighted by molar-refractivity contribution is -0.124. The molecule has 0 saturated heterocycles. The SMILES string of the molecule is O=C(COc1ccccc1F)NC1CC2CCC1C2. The maximum Gasteiger partial charge on any atom is 0.258 e. The van der Waals surface area contributed by atoms with Crippen molar-refractivity contribution in [1.29, 1.82) is 0 Å². The Balaban J connectivity index is 1.48. The molecule has 1 aromatic carbocycles. The number of fused-ring (bicyclic) bond motifs is 2. The fourth-order valence-electron chi connectivity index (χ4n) is 3.38. The second kappa shape index (κ2) is 5.19. The summed E-state index contributed by atoms with van der Waals surface area (Å²) in [6.07, 6.45) is 4.88. The molecule has 19 heavy (non-hydrogen) atoms. The van der Waals surface area contributed by atoms with E-state index < -0.39 is 5.82 Å². The Kier molecular flexibility index (Phi) is 3.40. The third kappa shape index (κ3) is 2.72. The number of nitrogens with one attached hydrogen (secondary N) is 1. The van der Waals surface area contributed by atoms with E-state index in [2.05, 4.69) is 5.32 Å². The molecule has 0 aliphatic heterocycles. The smallest absolute Gasteiger partial charge is 0.258 e. The molecule has 1 aromatic rings. The molecule has 2 bridgehead atoms. The molecule has 1 amide bonds. The summed E-state index contributed by atoms with van der Waals surface area (Å²) in [5, 5.41) is 3.01. The van der Waals surface area contributed by atoms with Gasteiger partial charge >= 0.3 is 0 Å². The first-order chi connectivity index (χ1) is 9.22. The fourth-order valence-corrected chi connectivity index (χ4v) is 3.38. The molecular formula is C15H18FNO2. The van der Waals surface area contributed by atoms with Crippen LogP contribution in [0.25, 0.3) is 0 Å². The lowest BCUT2D eigenvalue weighted by Crippen LogP contribution is -2.40. The number of rotatable bonds is 4. The summed E-state index contributed by atoms with van der Waals surface area (Å²) in [5.74, 6) is 0.979. The second-order valence-corrected chi connectivity index (χ2v) is 5.57. The van der Waals surface area contributed by atoms with Gasteiger partial charge in [-0.2, -0.15) is 0 Å². The lowest BCUT2D eigenvalue weighted by atomic mass is 9.95. The average molecular weight is 263 g/mol. The molecule has 3 nitrogen and oxygen atoms in total. The van der Waals surface area contributed by atoms with E-state index in [-0.39, 0.29) is 18.3 Å². The molecule has 0 heterocycles. The minimum Gasteiger partial charge on any atom is -0.481 e. The number of benzene rings is 1. The van der Waals surface area contributed by atoms with Gasteiger partial charge in [0.2, 0.25) is 0 Å². The normalized spacial score (nSPS) is 28.4. The van der Waals surface area contributed by atoms with Gasteiger partial charge in [0.1, 0.15) is 0 Å². The number of halogens is 1. The van der Waals surface area contributed by atoms with Crippen molar-refractivity contribution in [3.8, 4) is 5.75 Å². The van der Waals surface area contributed by atoms with Crippen molar-refractivity contribution in [3.05, 3.63) is 30.1 Å². The van der Waals surface area contributed by atoms with E-state index in [0.717, 1.165) is 12.3 Å². The quantitative estimate of drug-likeness (QED) is 0.906. The highest BCUT2D eigenvalue weighted by atomic mass is 19.1. The first-order valence-electron chi connectivity index (χ1n) is 6.89. The number of para-hydroxylation sites is 1. The van der Waals surface area contributed by atoms with E-state index in [4.69, 9.17) is 4.74 Å². The maximum absolute atomic E-state index is 13.3. The molecular weight excluding hydrogens is 245 g/mol. The first kappa shape index (κ1) is 12.5. The van der Waals surface area contributed by atoms with Gasteiger partial charge in [-0.05, 0) is 43.2 Å². The molecule has 4 heteroatoms. The number of carbonyl (C=O) groups excluding carboxylic acids is 1. The van der Waals surface area contributed by atoms with Crippen LogP contribution >= 0.6 is 0 Å². The molecule has 2 aliphatic carbocycles. The van der Waals surface area contributed by atoms with Crippen molar-refractivity contribution in [2.45, 2.75) is 31.7 Å². The highest BCUT2D eigenvalue weighted by molar-refractivity contribution is 5.78. The summed E-state index contributed by atoms with van der Waals surface area (Å²) in [7, 11) is 0. The maximum atomic E-state index is 13.3. The van der Waals surface area contributed by atoms with Crippen LogP contribution in [0.15, 0.2) is 24.3 Å². The van der Waals surface area contributed by atoms with Crippen LogP contribution in [-0.4, -0.2) is 18.6 Å². The Morgan fingerprint density at radius 3 is 2.84 bits per heavy atom. The van der Waals surface area contributed by atoms with Crippen LogP contribution in [0.3, 0.4) is 0 Å². The van der Waals surface area contributed by atoms with Crippen LogP contribution in [0.2, 0.25) is 0 Å². The molecule has 3 rings (SSSR count). The molecule has 102 valence electrons. The van der Waals surface area contributed by atoms with E-state index in [1.807, 2.05) is 0 Å². The molecule has 2 aliphatic rings. The van der Waals surface area contributed by atoms with Gasteiger partial charge in [-0.25, -0.2) is 4.39 Å². The Hall–Kier alpha value is -1.58. The Bertz CT molecular complexity index is 477. The summed E-state index contributed by atoms with van der Waals surface area (Å²) in [6, 6.07) is 6.43. The fraction of sp³-hybridized carbons (Fsp3) is 0.533. The standard InChI is InChI=1S/C15H18FNO2/c16-12-3-1-2-4-14(12)19-9-15(18)17-13-8-10-5-6-11(13)7-10/h1-4,10-11,13H,5-9H2,(H,17,18). The molecule has 3 unspecified atom stereocenters. The zero-order chi connectivity index (χ0) is 13.2. The first-order valence-corrected chi connectivity index (χ1v) is 6.89. The second-order valence-electron chi connectivity index (χ2n) is 5.57. The average Bonchev–Trinajstić information content (AvgIpc) is 3.00. The Labute approximate surface area is 112 Å². The molecule has 0 aromatic heterocycles. The summed E-state index contributed by atoms with van der Waals surface area (Å²) in [6.45, 7) is -0.116. The Morgan fingerprint density at radius 1 is 1.32 bits per heavy atom. The zero-order valence-electron chi connectivity index (χ0n) is 10.8. The largest absolute Gasteiger partial charge is 0.481 e. The van der Waals surface area contributed by atoms with Gasteiger partial charge < -0.3 is 10.1 Å². The van der Waals surface area contributed by atoms with Gasteiger partial charge in [0.25, 0.3) is 5.91 Å². The number of carbonyl (C=O) groups is 1. The van der Waals surface area contributed by atoms with E-state index in [9.17, 15) is 9.18 Å². The van der Waals surface area contributed by atoms with E-state index in [1.165, 1.54) is 31.4 Å². The molecule has 0 spiro atoms. The summed E-state index contributed by atoms with van der Waals surface area (Å²) in [4.78, 5) is 11.8. The number of hydrogen-bond acceptors (Lipinski definition) is 2. The predicted octanol–water partition coefficient (Wildman–Crippen LogP) is 2.51. The van der Waals surface area contributed by atoms with Crippen molar-refractivity contribution < 1.29 is 13.9 Å². The summed E-state index contributed by atoms with van der Waals surface area (Å²) >= 11 is 0. The van der Waals surface area contributed by atoms with Crippen molar-refractivity contribution in [2.75, 3.05) is 6.61 Å². The van der Waals surface area contributed by atoms with Gasteiger partial charge in [-0.1, -0.05) is 18.6 Å². The number of amides is 1. The molecule has 3 atom stereocenters. The van der Waals surface area contributed by atoms with E-state index >= 15 is 0 Å². The highest BCUT2D eigenvalue weighted by Crippen LogP contribution is 2.44. The Morgan fingerprint density at radius 2 is 2.16 bits per heavy atom. The van der Waals surface area contributed by atoms with Crippen molar-refractivity contribution in [3.63, 3.8) is 0 Å². The molecule has 0 radical (unpaired) electrons. The monoisotopic (exact) mass is 263 g/mol. The van der Waals surface area contributed by atoms with Gasteiger partial charge in [0.15, 0.2) is 18.2 Å². The lowest BCUT2D eigenvalue weighted by Gasteiger charge is -2.22. The van der Waals surface area contributed by atoms with Crippen LogP contribution in [0.4, 0.5) is 4.39 Å². The number of hydrogen-bond donors (Lipinski definition) is 1. The number of ether oxygens (including phenoxy) is 1. The molecule has 2 fully saturated rings. The minimum absolute atomic E-state index is 0.116. The van der Waals surface area contributed by atoms with Crippen LogP contribution in [0.1, 0.15) is 25.7 Å². The third-order valence-electron chi connectivity index (χ3n) is 4.28. The topological polar surface area (TPSA) is 38.3 Å². The predicted molar refractivity (Wildman–Crippen MR) is 69.3 cm³/mol. The van der Waals surface area contributed by atoms with Crippen LogP contribution in [-0.2, 0) is 4.79 Å². The van der Waals surface area contributed by atoms with Crippen LogP contribution in [0.5, 0.6) is 5.75 Å². The van der Waals surface area contributed by atoms with Crippen LogP contribution in [0, 0.1) is 17.7 Å².